The van der Waals surface area contributed by atoms with Gasteiger partial charge in [-0.15, -0.1) is 10.2 Å². The summed E-state index contributed by atoms with van der Waals surface area (Å²) in [7, 11) is 1.68. The standard InChI is InChI=1S/C23H21N3OS/c1-27-21-14-12-19(13-15-21)17-28-23-25-24-22(16-18-8-4-2-5-9-18)26(23)20-10-6-3-7-11-20/h2-15H,16-17H2,1H3. The van der Waals surface area contributed by atoms with Gasteiger partial charge in [-0.3, -0.25) is 4.57 Å². The molecule has 1 heterocycles. The number of aromatic nitrogens is 3. The van der Waals surface area contributed by atoms with Crippen LogP contribution in [-0.2, 0) is 12.2 Å². The highest BCUT2D eigenvalue weighted by Crippen LogP contribution is 2.27. The molecule has 0 N–H and O–H groups in total. The lowest BCUT2D eigenvalue weighted by molar-refractivity contribution is 0.414. The molecule has 0 spiro atoms. The number of rotatable bonds is 7. The molecule has 0 atom stereocenters. The van der Waals surface area contributed by atoms with Crippen molar-refractivity contribution in [3.63, 3.8) is 0 Å². The normalized spacial score (nSPS) is 10.8. The monoisotopic (exact) mass is 387 g/mol. The molecule has 0 aliphatic rings. The molecule has 1 aromatic heterocycles. The Bertz CT molecular complexity index is 1010. The van der Waals surface area contributed by atoms with E-state index in [1.165, 1.54) is 11.1 Å². The predicted molar refractivity (Wildman–Crippen MR) is 113 cm³/mol. The first-order chi connectivity index (χ1) is 13.8. The topological polar surface area (TPSA) is 39.9 Å². The molecule has 140 valence electrons. The zero-order chi connectivity index (χ0) is 19.2. The lowest BCUT2D eigenvalue weighted by Crippen LogP contribution is -2.03. The molecule has 4 rings (SSSR count). The van der Waals surface area contributed by atoms with Gasteiger partial charge in [0.25, 0.3) is 0 Å². The van der Waals surface area contributed by atoms with E-state index in [0.717, 1.165) is 34.6 Å². The van der Waals surface area contributed by atoms with E-state index in [-0.39, 0.29) is 0 Å². The van der Waals surface area contributed by atoms with Gasteiger partial charge in [0.15, 0.2) is 5.16 Å². The second-order valence-electron chi connectivity index (χ2n) is 6.37. The second kappa shape index (κ2) is 8.76. The van der Waals surface area contributed by atoms with E-state index in [1.807, 2.05) is 36.4 Å². The highest BCUT2D eigenvalue weighted by Gasteiger charge is 2.15. The Morgan fingerprint density at radius 3 is 2.14 bits per heavy atom. The summed E-state index contributed by atoms with van der Waals surface area (Å²) in [6.45, 7) is 0. The maximum Gasteiger partial charge on any atom is 0.196 e. The van der Waals surface area contributed by atoms with Crippen LogP contribution in [0.1, 0.15) is 17.0 Å². The maximum atomic E-state index is 5.24. The van der Waals surface area contributed by atoms with Gasteiger partial charge in [0.1, 0.15) is 11.6 Å². The van der Waals surface area contributed by atoms with Crippen LogP contribution in [0.2, 0.25) is 0 Å². The highest BCUT2D eigenvalue weighted by molar-refractivity contribution is 7.98. The van der Waals surface area contributed by atoms with E-state index in [0.29, 0.717) is 0 Å². The third kappa shape index (κ3) is 4.26. The molecule has 0 amide bonds. The van der Waals surface area contributed by atoms with Crippen LogP contribution in [0.4, 0.5) is 0 Å². The Balaban J connectivity index is 1.61. The first kappa shape index (κ1) is 18.3. The minimum Gasteiger partial charge on any atom is -0.497 e. The van der Waals surface area contributed by atoms with Crippen molar-refractivity contribution >= 4 is 11.8 Å². The van der Waals surface area contributed by atoms with Crippen molar-refractivity contribution in [2.45, 2.75) is 17.3 Å². The van der Waals surface area contributed by atoms with Crippen LogP contribution in [-0.4, -0.2) is 21.9 Å². The molecule has 0 radical (unpaired) electrons. The average Bonchev–Trinajstić information content (AvgIpc) is 3.16. The van der Waals surface area contributed by atoms with Crippen LogP contribution < -0.4 is 4.74 Å². The molecule has 0 saturated carbocycles. The van der Waals surface area contributed by atoms with E-state index >= 15 is 0 Å². The van der Waals surface area contributed by atoms with E-state index in [2.05, 4.69) is 63.3 Å². The van der Waals surface area contributed by atoms with Crippen LogP contribution in [0.25, 0.3) is 5.69 Å². The van der Waals surface area contributed by atoms with Crippen molar-refractivity contribution in [1.29, 1.82) is 0 Å². The molecule has 0 aliphatic carbocycles. The molecule has 5 heteroatoms. The van der Waals surface area contributed by atoms with E-state index in [9.17, 15) is 0 Å². The number of benzene rings is 3. The Morgan fingerprint density at radius 2 is 1.46 bits per heavy atom. The van der Waals surface area contributed by atoms with Gasteiger partial charge in [0.2, 0.25) is 0 Å². The Kier molecular flexibility index (Phi) is 5.73. The van der Waals surface area contributed by atoms with Crippen LogP contribution in [0.15, 0.2) is 90.1 Å². The largest absolute Gasteiger partial charge is 0.497 e. The molecule has 28 heavy (non-hydrogen) atoms. The fourth-order valence-corrected chi connectivity index (χ4v) is 3.92. The number of para-hydroxylation sites is 1. The summed E-state index contributed by atoms with van der Waals surface area (Å²) in [5.74, 6) is 2.63. The molecular formula is C23H21N3OS. The molecule has 3 aromatic carbocycles. The summed E-state index contributed by atoms with van der Waals surface area (Å²) < 4.78 is 7.39. The Labute approximate surface area is 169 Å². The second-order valence-corrected chi connectivity index (χ2v) is 7.31. The molecule has 0 unspecified atom stereocenters. The summed E-state index contributed by atoms with van der Waals surface area (Å²) in [6.07, 6.45) is 0.742. The van der Waals surface area contributed by atoms with Crippen LogP contribution in [0, 0.1) is 0 Å². The quantitative estimate of drug-likeness (QED) is 0.411. The van der Waals surface area contributed by atoms with E-state index in [1.54, 1.807) is 18.9 Å². The van der Waals surface area contributed by atoms with E-state index in [4.69, 9.17) is 4.74 Å². The first-order valence-corrected chi connectivity index (χ1v) is 10.1. The lowest BCUT2D eigenvalue weighted by Gasteiger charge is -2.10. The van der Waals surface area contributed by atoms with E-state index < -0.39 is 0 Å². The number of thioether (sulfide) groups is 1. The molecule has 4 aromatic rings. The lowest BCUT2D eigenvalue weighted by atomic mass is 10.1. The van der Waals surface area contributed by atoms with Crippen LogP contribution in [0.3, 0.4) is 0 Å². The van der Waals surface area contributed by atoms with Crippen molar-refractivity contribution in [2.75, 3.05) is 7.11 Å². The number of hydrogen-bond acceptors (Lipinski definition) is 4. The summed E-state index contributed by atoms with van der Waals surface area (Å²) in [5, 5.41) is 9.88. The Hall–Kier alpha value is -3.05. The minimum absolute atomic E-state index is 0.742. The van der Waals surface area contributed by atoms with Crippen molar-refractivity contribution < 1.29 is 4.74 Å². The van der Waals surface area contributed by atoms with Gasteiger partial charge in [-0.05, 0) is 35.4 Å². The van der Waals surface area contributed by atoms with Gasteiger partial charge in [-0.1, -0.05) is 72.4 Å². The smallest absolute Gasteiger partial charge is 0.196 e. The third-order valence-corrected chi connectivity index (χ3v) is 5.45. The van der Waals surface area contributed by atoms with Gasteiger partial charge < -0.3 is 4.74 Å². The minimum atomic E-state index is 0.742. The highest BCUT2D eigenvalue weighted by atomic mass is 32.2. The maximum absolute atomic E-state index is 5.24. The molecular weight excluding hydrogens is 366 g/mol. The van der Waals surface area contributed by atoms with Crippen molar-refractivity contribution in [3.8, 4) is 11.4 Å². The molecule has 0 aliphatic heterocycles. The number of ether oxygens (including phenoxy) is 1. The van der Waals surface area contributed by atoms with Gasteiger partial charge >= 0.3 is 0 Å². The van der Waals surface area contributed by atoms with Crippen molar-refractivity contribution in [2.24, 2.45) is 0 Å². The fourth-order valence-electron chi connectivity index (χ4n) is 2.99. The molecule has 0 bridgehead atoms. The van der Waals surface area contributed by atoms with Gasteiger partial charge in [-0.2, -0.15) is 0 Å². The van der Waals surface area contributed by atoms with Crippen LogP contribution >= 0.6 is 11.8 Å². The van der Waals surface area contributed by atoms with Crippen LogP contribution in [0.5, 0.6) is 5.75 Å². The molecule has 4 nitrogen and oxygen atoms in total. The van der Waals surface area contributed by atoms with Crippen molar-refractivity contribution in [1.82, 2.24) is 14.8 Å². The number of hydrogen-bond donors (Lipinski definition) is 0. The van der Waals surface area contributed by atoms with Gasteiger partial charge in [0.05, 0.1) is 7.11 Å². The van der Waals surface area contributed by atoms with Gasteiger partial charge in [0, 0.05) is 17.9 Å². The zero-order valence-electron chi connectivity index (χ0n) is 15.7. The number of methoxy groups -OCH3 is 1. The van der Waals surface area contributed by atoms with Crippen molar-refractivity contribution in [3.05, 3.63) is 102 Å². The predicted octanol–water partition coefficient (Wildman–Crippen LogP) is 5.16. The summed E-state index contributed by atoms with van der Waals surface area (Å²) in [6, 6.07) is 28.8. The third-order valence-electron chi connectivity index (χ3n) is 4.45. The number of nitrogens with zero attached hydrogens (tertiary/aromatic N) is 3. The zero-order valence-corrected chi connectivity index (χ0v) is 16.5. The summed E-state index contributed by atoms with van der Waals surface area (Å²) in [5.41, 5.74) is 3.52. The first-order valence-electron chi connectivity index (χ1n) is 9.13. The summed E-state index contributed by atoms with van der Waals surface area (Å²) in [4.78, 5) is 0. The fraction of sp³-hybridized carbons (Fsp3) is 0.130. The molecule has 0 saturated heterocycles. The Morgan fingerprint density at radius 1 is 0.786 bits per heavy atom. The average molecular weight is 388 g/mol. The summed E-state index contributed by atoms with van der Waals surface area (Å²) >= 11 is 1.69. The SMILES string of the molecule is COc1ccc(CSc2nnc(Cc3ccccc3)n2-c2ccccc2)cc1. The van der Waals surface area contributed by atoms with Gasteiger partial charge in [-0.25, -0.2) is 0 Å². The molecule has 0 fully saturated rings.